The fraction of sp³-hybridized carbons (Fsp3) is 0.667. The molecule has 6 nitrogen and oxygen atoms in total. The minimum absolute atomic E-state index is 0.0632. The second-order valence-corrected chi connectivity index (χ2v) is 9.23. The molecule has 1 fully saturated rings. The van der Waals surface area contributed by atoms with Crippen molar-refractivity contribution in [1.82, 2.24) is 4.90 Å². The van der Waals surface area contributed by atoms with Crippen LogP contribution in [-0.4, -0.2) is 61.4 Å². The third-order valence-corrected chi connectivity index (χ3v) is 5.70. The van der Waals surface area contributed by atoms with E-state index < -0.39 is 23.7 Å². The average molecular weight is 438 g/mol. The summed E-state index contributed by atoms with van der Waals surface area (Å²) in [7, 11) is 3.18. The van der Waals surface area contributed by atoms with E-state index in [2.05, 4.69) is 0 Å². The topological polar surface area (TPSA) is 65.1 Å². The summed E-state index contributed by atoms with van der Waals surface area (Å²) in [4.78, 5) is 27.3. The minimum atomic E-state index is -0.617. The van der Waals surface area contributed by atoms with Gasteiger partial charge in [0.1, 0.15) is 17.2 Å². The summed E-state index contributed by atoms with van der Waals surface area (Å²) in [5, 5.41) is 0. The number of likely N-dealkylation sites (tertiary alicyclic amines) is 1. The van der Waals surface area contributed by atoms with Crippen LogP contribution >= 0.6 is 0 Å². The van der Waals surface area contributed by atoms with Crippen LogP contribution in [0, 0.1) is 11.7 Å². The monoisotopic (exact) mass is 437 g/mol. The number of methoxy groups -OCH3 is 2. The quantitative estimate of drug-likeness (QED) is 0.573. The molecule has 0 radical (unpaired) electrons. The van der Waals surface area contributed by atoms with Gasteiger partial charge >= 0.3 is 6.09 Å². The number of hydrogen-bond donors (Lipinski definition) is 0. The van der Waals surface area contributed by atoms with Gasteiger partial charge in [0.15, 0.2) is 0 Å². The van der Waals surface area contributed by atoms with Gasteiger partial charge < -0.3 is 14.2 Å². The van der Waals surface area contributed by atoms with Crippen LogP contribution < -0.4 is 0 Å². The van der Waals surface area contributed by atoms with E-state index in [0.717, 1.165) is 5.56 Å². The number of carbonyl (C=O) groups is 2. The maximum atomic E-state index is 13.3. The molecule has 0 N–H and O–H groups in total. The van der Waals surface area contributed by atoms with Crippen molar-refractivity contribution in [3.8, 4) is 0 Å². The number of ketones is 1. The fourth-order valence-electron chi connectivity index (χ4n) is 4.10. The van der Waals surface area contributed by atoms with Crippen LogP contribution in [0.4, 0.5) is 9.18 Å². The molecule has 1 aliphatic heterocycles. The minimum Gasteiger partial charge on any atom is -0.444 e. The maximum Gasteiger partial charge on any atom is 0.410 e. The Morgan fingerprint density at radius 3 is 2.55 bits per heavy atom. The molecular weight excluding hydrogens is 401 g/mol. The smallest absolute Gasteiger partial charge is 0.410 e. The highest BCUT2D eigenvalue weighted by molar-refractivity contribution is 5.81. The van der Waals surface area contributed by atoms with E-state index in [1.165, 1.54) is 12.1 Å². The number of amides is 1. The van der Waals surface area contributed by atoms with E-state index in [0.29, 0.717) is 32.2 Å². The van der Waals surface area contributed by atoms with Crippen molar-refractivity contribution in [2.45, 2.75) is 77.2 Å². The predicted octanol–water partition coefficient (Wildman–Crippen LogP) is 4.39. The lowest BCUT2D eigenvalue weighted by molar-refractivity contribution is -0.128. The molecule has 1 saturated heterocycles. The first-order chi connectivity index (χ1) is 14.6. The predicted molar refractivity (Wildman–Crippen MR) is 116 cm³/mol. The molecule has 0 aliphatic carbocycles. The van der Waals surface area contributed by atoms with Gasteiger partial charge in [0.25, 0.3) is 0 Å². The molecule has 0 saturated carbocycles. The molecule has 174 valence electrons. The zero-order chi connectivity index (χ0) is 23.2. The first kappa shape index (κ1) is 25.3. The van der Waals surface area contributed by atoms with Crippen LogP contribution in [0.15, 0.2) is 24.3 Å². The van der Waals surface area contributed by atoms with E-state index in [9.17, 15) is 14.0 Å². The van der Waals surface area contributed by atoms with E-state index in [1.807, 2.05) is 33.8 Å². The Labute approximate surface area is 185 Å². The van der Waals surface area contributed by atoms with Crippen molar-refractivity contribution >= 4 is 11.9 Å². The molecule has 1 heterocycles. The Bertz CT molecular complexity index is 748. The number of benzene rings is 1. The lowest BCUT2D eigenvalue weighted by Gasteiger charge is -2.34. The summed E-state index contributed by atoms with van der Waals surface area (Å²) in [5.74, 6) is -0.607. The van der Waals surface area contributed by atoms with E-state index in [4.69, 9.17) is 14.2 Å². The molecule has 7 heteroatoms. The van der Waals surface area contributed by atoms with Gasteiger partial charge in [-0.05, 0) is 57.7 Å². The summed E-state index contributed by atoms with van der Waals surface area (Å²) in [5.41, 5.74) is 0.256. The Hall–Kier alpha value is -1.99. The maximum absolute atomic E-state index is 13.3. The van der Waals surface area contributed by atoms with E-state index in [1.54, 1.807) is 25.2 Å². The van der Waals surface area contributed by atoms with Gasteiger partial charge in [-0.25, -0.2) is 9.18 Å². The number of rotatable bonds is 9. The summed E-state index contributed by atoms with van der Waals surface area (Å²) >= 11 is 0. The second kappa shape index (κ2) is 11.0. The first-order valence-electron chi connectivity index (χ1n) is 10.9. The molecule has 1 amide bonds. The summed E-state index contributed by atoms with van der Waals surface area (Å²) in [6, 6.07) is 6.12. The van der Waals surface area contributed by atoms with Gasteiger partial charge in [-0.3, -0.25) is 9.69 Å². The van der Waals surface area contributed by atoms with E-state index >= 15 is 0 Å². The van der Waals surface area contributed by atoms with E-state index in [-0.39, 0.29) is 23.7 Å². The van der Waals surface area contributed by atoms with Crippen LogP contribution in [0.5, 0.6) is 0 Å². The third-order valence-electron chi connectivity index (χ3n) is 5.70. The number of hydrogen-bond acceptors (Lipinski definition) is 5. The lowest BCUT2D eigenvalue weighted by atomic mass is 9.89. The van der Waals surface area contributed by atoms with Gasteiger partial charge in [-0.1, -0.05) is 19.1 Å². The molecule has 0 spiro atoms. The zero-order valence-electron chi connectivity index (χ0n) is 19.5. The second-order valence-electron chi connectivity index (χ2n) is 9.23. The number of nitrogens with zero attached hydrogens (tertiary/aromatic N) is 1. The Morgan fingerprint density at radius 2 is 1.97 bits per heavy atom. The third kappa shape index (κ3) is 7.28. The Balaban J connectivity index is 2.02. The van der Waals surface area contributed by atoms with Crippen LogP contribution in [-0.2, 0) is 25.4 Å². The molecule has 1 aromatic carbocycles. The molecular formula is C24H36FNO5. The fourth-order valence-corrected chi connectivity index (χ4v) is 4.10. The summed E-state index contributed by atoms with van der Waals surface area (Å²) in [6.45, 7) is 7.70. The van der Waals surface area contributed by atoms with Crippen molar-refractivity contribution < 1.29 is 28.2 Å². The van der Waals surface area contributed by atoms with Gasteiger partial charge in [0.2, 0.25) is 0 Å². The van der Waals surface area contributed by atoms with Crippen molar-refractivity contribution in [3.63, 3.8) is 0 Å². The van der Waals surface area contributed by atoms with Crippen molar-refractivity contribution in [2.75, 3.05) is 20.8 Å². The Kier molecular flexibility index (Phi) is 9.01. The molecule has 1 unspecified atom stereocenters. The van der Waals surface area contributed by atoms with Gasteiger partial charge in [-0.15, -0.1) is 0 Å². The number of halogens is 1. The average Bonchev–Trinajstić information content (AvgIpc) is 3.11. The first-order valence-corrected chi connectivity index (χ1v) is 10.9. The highest BCUT2D eigenvalue weighted by Gasteiger charge is 2.44. The molecule has 2 rings (SSSR count). The van der Waals surface area contributed by atoms with Crippen molar-refractivity contribution in [3.05, 3.63) is 35.6 Å². The highest BCUT2D eigenvalue weighted by atomic mass is 19.1. The molecule has 1 aromatic rings. The van der Waals surface area contributed by atoms with Crippen molar-refractivity contribution in [1.29, 1.82) is 0 Å². The SMILES string of the molecule is CO[C@@H]1CC([C@H](OC)[C@@H](C)C(=O)CCCc2cccc(F)c2)N(C(=O)OC(C)(C)C)C1. The van der Waals surface area contributed by atoms with Crippen molar-refractivity contribution in [2.24, 2.45) is 5.92 Å². The van der Waals surface area contributed by atoms with Gasteiger partial charge in [0.05, 0.1) is 24.8 Å². The number of ether oxygens (including phenoxy) is 3. The molecule has 1 aliphatic rings. The zero-order valence-corrected chi connectivity index (χ0v) is 19.5. The normalized spacial score (nSPS) is 21.1. The van der Waals surface area contributed by atoms with Gasteiger partial charge in [0, 0.05) is 26.6 Å². The van der Waals surface area contributed by atoms with Crippen LogP contribution in [0.3, 0.4) is 0 Å². The lowest BCUT2D eigenvalue weighted by Crippen LogP contribution is -2.49. The molecule has 0 aromatic heterocycles. The Morgan fingerprint density at radius 1 is 1.26 bits per heavy atom. The molecule has 4 atom stereocenters. The summed E-state index contributed by atoms with van der Waals surface area (Å²) in [6.07, 6.45) is 1.18. The summed E-state index contributed by atoms with van der Waals surface area (Å²) < 4.78 is 30.1. The standard InChI is InChI=1S/C24H36FNO5/c1-16(21(27)12-8-10-17-9-7-11-18(25)13-17)22(30-6)20-14-19(29-5)15-26(20)23(28)31-24(2,3)4/h7,9,11,13,16,19-20,22H,8,10,12,14-15H2,1-6H3/t16-,19+,20?,22+/m0/s1. The molecule has 31 heavy (non-hydrogen) atoms. The van der Waals surface area contributed by atoms with Gasteiger partial charge in [-0.2, -0.15) is 0 Å². The number of aryl methyl sites for hydroxylation is 1. The van der Waals surface area contributed by atoms with Crippen LogP contribution in [0.2, 0.25) is 0 Å². The molecule has 0 bridgehead atoms. The van der Waals surface area contributed by atoms with Crippen LogP contribution in [0.25, 0.3) is 0 Å². The largest absolute Gasteiger partial charge is 0.444 e. The number of carbonyl (C=O) groups excluding carboxylic acids is 2. The van der Waals surface area contributed by atoms with Crippen LogP contribution in [0.1, 0.15) is 52.5 Å². The highest BCUT2D eigenvalue weighted by Crippen LogP contribution is 2.30. The number of Topliss-reactive ketones (excluding diaryl/α,β-unsaturated/α-hetero) is 1.